The zero-order valence-corrected chi connectivity index (χ0v) is 11.1. The van der Waals surface area contributed by atoms with Gasteiger partial charge in [-0.1, -0.05) is 0 Å². The quantitative estimate of drug-likeness (QED) is 0.869. The molecule has 2 aromatic rings. The first kappa shape index (κ1) is 13.7. The van der Waals surface area contributed by atoms with Gasteiger partial charge in [0.15, 0.2) is 11.6 Å². The van der Waals surface area contributed by atoms with Gasteiger partial charge in [-0.05, 0) is 30.7 Å². The third-order valence-corrected chi connectivity index (χ3v) is 2.85. The highest BCUT2D eigenvalue weighted by Gasteiger charge is 2.11. The maximum absolute atomic E-state index is 13.8. The van der Waals surface area contributed by atoms with Gasteiger partial charge >= 0.3 is 0 Å². The number of rotatable bonds is 3. The maximum Gasteiger partial charge on any atom is 0.167 e. The summed E-state index contributed by atoms with van der Waals surface area (Å²) < 4.78 is 24.4. The topological polar surface area (TPSA) is 68.3 Å². The van der Waals surface area contributed by atoms with Crippen molar-refractivity contribution in [2.75, 3.05) is 12.8 Å². The number of hydrogen-bond donors (Lipinski definition) is 1. The number of halogens is 1. The Bertz CT molecular complexity index is 693. The fourth-order valence-electron chi connectivity index (χ4n) is 1.67. The lowest BCUT2D eigenvalue weighted by molar-refractivity contribution is 0.405. The van der Waals surface area contributed by atoms with Crippen molar-refractivity contribution in [3.05, 3.63) is 47.3 Å². The van der Waals surface area contributed by atoms with Gasteiger partial charge in [-0.15, -0.1) is 0 Å². The molecule has 2 N–H and O–H groups in total. The third kappa shape index (κ3) is 2.64. The number of nitrogen functional groups attached to an aromatic ring is 1. The van der Waals surface area contributed by atoms with Crippen molar-refractivity contribution in [3.63, 3.8) is 0 Å². The van der Waals surface area contributed by atoms with Gasteiger partial charge in [0.2, 0.25) is 0 Å². The zero-order chi connectivity index (χ0) is 14.7. The minimum absolute atomic E-state index is 0.0152. The molecule has 0 atom stereocenters. The van der Waals surface area contributed by atoms with Crippen LogP contribution in [0.5, 0.6) is 17.2 Å². The summed E-state index contributed by atoms with van der Waals surface area (Å²) >= 11 is 0. The van der Waals surface area contributed by atoms with Crippen molar-refractivity contribution in [2.45, 2.75) is 6.92 Å². The Kier molecular flexibility index (Phi) is 3.76. The fraction of sp³-hybridized carbons (Fsp3) is 0.133. The van der Waals surface area contributed by atoms with E-state index in [0.717, 1.165) is 0 Å². The predicted molar refractivity (Wildman–Crippen MR) is 73.3 cm³/mol. The number of nitrogens with zero attached hydrogens (tertiary/aromatic N) is 1. The summed E-state index contributed by atoms with van der Waals surface area (Å²) in [6, 6.07) is 9.39. The molecule has 2 aromatic carbocycles. The van der Waals surface area contributed by atoms with E-state index in [0.29, 0.717) is 22.6 Å². The number of nitriles is 1. The van der Waals surface area contributed by atoms with E-state index in [4.69, 9.17) is 20.5 Å². The summed E-state index contributed by atoms with van der Waals surface area (Å²) in [4.78, 5) is 0. The first-order chi connectivity index (χ1) is 9.55. The normalized spacial score (nSPS) is 9.90. The summed E-state index contributed by atoms with van der Waals surface area (Å²) in [5, 5.41) is 9.04. The lowest BCUT2D eigenvalue weighted by Gasteiger charge is -2.11. The van der Waals surface area contributed by atoms with Crippen LogP contribution in [0.25, 0.3) is 0 Å². The van der Waals surface area contributed by atoms with Crippen molar-refractivity contribution >= 4 is 5.69 Å². The van der Waals surface area contributed by atoms with Crippen LogP contribution in [0.4, 0.5) is 10.1 Å². The van der Waals surface area contributed by atoms with E-state index in [2.05, 4.69) is 0 Å². The lowest BCUT2D eigenvalue weighted by Crippen LogP contribution is -1.96. The molecule has 0 fully saturated rings. The standard InChI is InChI=1S/C15H13FN2O2/c1-9-5-15(12(16)7-13(9)18)20-14-6-11(19-2)4-3-10(14)8-17/h3-7H,18H2,1-2H3. The van der Waals surface area contributed by atoms with Gasteiger partial charge in [0.05, 0.1) is 12.7 Å². The average Bonchev–Trinajstić information content (AvgIpc) is 2.44. The van der Waals surface area contributed by atoms with Crippen LogP contribution in [-0.2, 0) is 0 Å². The van der Waals surface area contributed by atoms with Crippen LogP contribution in [0, 0.1) is 24.1 Å². The van der Waals surface area contributed by atoms with E-state index < -0.39 is 5.82 Å². The van der Waals surface area contributed by atoms with Crippen LogP contribution in [0.1, 0.15) is 11.1 Å². The number of anilines is 1. The Morgan fingerprint density at radius 3 is 2.60 bits per heavy atom. The van der Waals surface area contributed by atoms with E-state index in [9.17, 15) is 4.39 Å². The molecule has 0 amide bonds. The summed E-state index contributed by atoms with van der Waals surface area (Å²) in [5.74, 6) is 0.183. The van der Waals surface area contributed by atoms with E-state index in [1.807, 2.05) is 6.07 Å². The fourth-order valence-corrected chi connectivity index (χ4v) is 1.67. The number of methoxy groups -OCH3 is 1. The highest BCUT2D eigenvalue weighted by molar-refractivity contribution is 5.53. The second-order valence-electron chi connectivity index (χ2n) is 4.22. The molecule has 0 spiro atoms. The van der Waals surface area contributed by atoms with Gasteiger partial charge in [-0.25, -0.2) is 4.39 Å². The van der Waals surface area contributed by atoms with Gasteiger partial charge in [-0.3, -0.25) is 0 Å². The molecule has 0 unspecified atom stereocenters. The van der Waals surface area contributed by atoms with Crippen LogP contribution < -0.4 is 15.2 Å². The van der Waals surface area contributed by atoms with Crippen LogP contribution in [0.15, 0.2) is 30.3 Å². The number of ether oxygens (including phenoxy) is 2. The van der Waals surface area contributed by atoms with Crippen LogP contribution in [-0.4, -0.2) is 7.11 Å². The Labute approximate surface area is 116 Å². The molecule has 4 nitrogen and oxygen atoms in total. The van der Waals surface area contributed by atoms with Crippen molar-refractivity contribution < 1.29 is 13.9 Å². The number of hydrogen-bond acceptors (Lipinski definition) is 4. The van der Waals surface area contributed by atoms with Crippen molar-refractivity contribution in [1.29, 1.82) is 5.26 Å². The van der Waals surface area contributed by atoms with Crippen LogP contribution >= 0.6 is 0 Å². The number of nitrogens with two attached hydrogens (primary N) is 1. The SMILES string of the molecule is COc1ccc(C#N)c(Oc2cc(C)c(N)cc2F)c1. The first-order valence-electron chi connectivity index (χ1n) is 5.86. The Hall–Kier alpha value is -2.74. The van der Waals surface area contributed by atoms with Crippen molar-refractivity contribution in [3.8, 4) is 23.3 Å². The van der Waals surface area contributed by atoms with E-state index >= 15 is 0 Å². The minimum atomic E-state index is -0.584. The van der Waals surface area contributed by atoms with Crippen molar-refractivity contribution in [1.82, 2.24) is 0 Å². The molecule has 0 saturated carbocycles. The molecule has 0 aliphatic carbocycles. The van der Waals surface area contributed by atoms with E-state index in [-0.39, 0.29) is 11.5 Å². The van der Waals surface area contributed by atoms with Gasteiger partial charge < -0.3 is 15.2 Å². The second kappa shape index (κ2) is 5.49. The Morgan fingerprint density at radius 2 is 1.95 bits per heavy atom. The monoisotopic (exact) mass is 272 g/mol. The van der Waals surface area contributed by atoms with Crippen molar-refractivity contribution in [2.24, 2.45) is 0 Å². The Balaban J connectivity index is 2.44. The zero-order valence-electron chi connectivity index (χ0n) is 11.1. The van der Waals surface area contributed by atoms with Gasteiger partial charge in [0, 0.05) is 17.8 Å². The maximum atomic E-state index is 13.8. The predicted octanol–water partition coefficient (Wildman–Crippen LogP) is 3.39. The van der Waals surface area contributed by atoms with Crippen LogP contribution in [0.2, 0.25) is 0 Å². The molecule has 102 valence electrons. The van der Waals surface area contributed by atoms with Crippen LogP contribution in [0.3, 0.4) is 0 Å². The largest absolute Gasteiger partial charge is 0.497 e. The van der Waals surface area contributed by atoms with Gasteiger partial charge in [-0.2, -0.15) is 5.26 Å². The number of benzene rings is 2. The average molecular weight is 272 g/mol. The molecular formula is C15H13FN2O2. The molecule has 0 radical (unpaired) electrons. The summed E-state index contributed by atoms with van der Waals surface area (Å²) in [6.07, 6.45) is 0. The smallest absolute Gasteiger partial charge is 0.167 e. The third-order valence-electron chi connectivity index (χ3n) is 2.85. The molecule has 5 heteroatoms. The van der Waals surface area contributed by atoms with Gasteiger partial charge in [0.1, 0.15) is 17.6 Å². The minimum Gasteiger partial charge on any atom is -0.497 e. The first-order valence-corrected chi connectivity index (χ1v) is 5.86. The Morgan fingerprint density at radius 1 is 1.20 bits per heavy atom. The molecule has 0 saturated heterocycles. The van der Waals surface area contributed by atoms with E-state index in [1.54, 1.807) is 19.1 Å². The molecule has 0 aromatic heterocycles. The molecule has 20 heavy (non-hydrogen) atoms. The summed E-state index contributed by atoms with van der Waals surface area (Å²) in [7, 11) is 1.50. The summed E-state index contributed by atoms with van der Waals surface area (Å²) in [5.41, 5.74) is 6.95. The molecule has 2 rings (SSSR count). The lowest BCUT2D eigenvalue weighted by atomic mass is 10.2. The van der Waals surface area contributed by atoms with E-state index in [1.165, 1.54) is 25.3 Å². The highest BCUT2D eigenvalue weighted by Crippen LogP contribution is 2.32. The molecule has 0 aliphatic rings. The highest BCUT2D eigenvalue weighted by atomic mass is 19.1. The molecule has 0 heterocycles. The number of aryl methyl sites for hydroxylation is 1. The molecular weight excluding hydrogens is 259 g/mol. The molecule has 0 bridgehead atoms. The van der Waals surface area contributed by atoms with Gasteiger partial charge in [0.25, 0.3) is 0 Å². The second-order valence-corrected chi connectivity index (χ2v) is 4.22. The molecule has 0 aliphatic heterocycles. The summed E-state index contributed by atoms with van der Waals surface area (Å²) in [6.45, 7) is 1.75.